The average molecular weight is 486 g/mol. The standard InChI is InChI=1S/C25H27NO7S/c1-16-6-11-19(12-7-16)34(28,29)26-23-18(10-13-20(27)24(23)32-4)9-8-17-14-21(30-2)25(33-5)22(15-17)31-3/h6-15,26-27H,1-5H3/b9-8-. The molecule has 0 amide bonds. The van der Waals surface area contributed by atoms with Gasteiger partial charge in [0.15, 0.2) is 23.0 Å². The number of phenolic OH excluding ortho intramolecular Hbond substituents is 1. The van der Waals surface area contributed by atoms with Crippen molar-refractivity contribution in [1.29, 1.82) is 0 Å². The topological polar surface area (TPSA) is 103 Å². The molecule has 0 saturated heterocycles. The predicted octanol–water partition coefficient (Wildman–Crippen LogP) is 4.71. The Balaban J connectivity index is 2.07. The first-order chi connectivity index (χ1) is 16.2. The third-order valence-corrected chi connectivity index (χ3v) is 6.45. The predicted molar refractivity (Wildman–Crippen MR) is 132 cm³/mol. The molecule has 0 fully saturated rings. The third kappa shape index (κ3) is 5.20. The summed E-state index contributed by atoms with van der Waals surface area (Å²) in [6.07, 6.45) is 3.44. The van der Waals surface area contributed by atoms with Crippen molar-refractivity contribution in [3.8, 4) is 28.7 Å². The van der Waals surface area contributed by atoms with Gasteiger partial charge in [-0.25, -0.2) is 8.42 Å². The Morgan fingerprint density at radius 1 is 0.794 bits per heavy atom. The molecule has 0 atom stereocenters. The summed E-state index contributed by atoms with van der Waals surface area (Å²) in [6.45, 7) is 1.87. The lowest BCUT2D eigenvalue weighted by Crippen LogP contribution is -2.14. The molecule has 3 rings (SSSR count). The Kier molecular flexibility index (Phi) is 7.57. The normalized spacial score (nSPS) is 11.3. The Hall–Kier alpha value is -3.85. The molecule has 2 N–H and O–H groups in total. The van der Waals surface area contributed by atoms with Gasteiger partial charge in [-0.1, -0.05) is 29.8 Å². The van der Waals surface area contributed by atoms with E-state index < -0.39 is 10.0 Å². The molecular formula is C25H27NO7S. The Morgan fingerprint density at radius 2 is 1.38 bits per heavy atom. The number of hydrogen-bond donors (Lipinski definition) is 2. The molecule has 0 aliphatic carbocycles. The summed E-state index contributed by atoms with van der Waals surface area (Å²) >= 11 is 0. The molecule has 8 nitrogen and oxygen atoms in total. The van der Waals surface area contributed by atoms with Crippen LogP contribution in [-0.4, -0.2) is 42.0 Å². The lowest BCUT2D eigenvalue weighted by Gasteiger charge is -2.16. The first-order valence-corrected chi connectivity index (χ1v) is 11.7. The Morgan fingerprint density at radius 3 is 1.91 bits per heavy atom. The van der Waals surface area contributed by atoms with E-state index in [4.69, 9.17) is 18.9 Å². The van der Waals surface area contributed by atoms with Crippen LogP contribution in [0, 0.1) is 6.92 Å². The van der Waals surface area contributed by atoms with Crippen molar-refractivity contribution in [3.63, 3.8) is 0 Å². The van der Waals surface area contributed by atoms with Crippen LogP contribution in [0.25, 0.3) is 12.2 Å². The molecule has 9 heteroatoms. The summed E-state index contributed by atoms with van der Waals surface area (Å²) in [5.74, 6) is 1.21. The van der Waals surface area contributed by atoms with E-state index >= 15 is 0 Å². The van der Waals surface area contributed by atoms with Gasteiger partial charge in [0.2, 0.25) is 5.75 Å². The van der Waals surface area contributed by atoms with Gasteiger partial charge in [0.25, 0.3) is 10.0 Å². The molecule has 0 bridgehead atoms. The van der Waals surface area contributed by atoms with E-state index in [0.29, 0.717) is 28.4 Å². The first kappa shape index (κ1) is 24.8. The van der Waals surface area contributed by atoms with Crippen LogP contribution in [0.5, 0.6) is 28.7 Å². The largest absolute Gasteiger partial charge is 0.504 e. The van der Waals surface area contributed by atoms with Gasteiger partial charge in [0.1, 0.15) is 5.69 Å². The van der Waals surface area contributed by atoms with E-state index in [1.165, 1.54) is 46.6 Å². The molecule has 0 unspecified atom stereocenters. The summed E-state index contributed by atoms with van der Waals surface area (Å²) in [5.41, 5.74) is 2.22. The zero-order chi connectivity index (χ0) is 24.9. The van der Waals surface area contributed by atoms with E-state index in [2.05, 4.69) is 4.72 Å². The number of aryl methyl sites for hydroxylation is 1. The van der Waals surface area contributed by atoms with Crippen molar-refractivity contribution in [3.05, 3.63) is 65.2 Å². The number of benzene rings is 3. The van der Waals surface area contributed by atoms with Gasteiger partial charge < -0.3 is 24.1 Å². The number of phenols is 1. The number of anilines is 1. The Bertz CT molecular complexity index is 1270. The van der Waals surface area contributed by atoms with Crippen LogP contribution >= 0.6 is 0 Å². The molecule has 0 radical (unpaired) electrons. The second-order valence-corrected chi connectivity index (χ2v) is 8.98. The number of aromatic hydroxyl groups is 1. The van der Waals surface area contributed by atoms with E-state index in [9.17, 15) is 13.5 Å². The van der Waals surface area contributed by atoms with E-state index in [-0.39, 0.29) is 22.1 Å². The highest BCUT2D eigenvalue weighted by Crippen LogP contribution is 2.41. The summed E-state index contributed by atoms with van der Waals surface area (Å²) in [5, 5.41) is 10.3. The van der Waals surface area contributed by atoms with Gasteiger partial charge in [0.05, 0.1) is 33.3 Å². The molecule has 0 heterocycles. The first-order valence-electron chi connectivity index (χ1n) is 10.2. The monoisotopic (exact) mass is 485 g/mol. The van der Waals surface area contributed by atoms with Gasteiger partial charge >= 0.3 is 0 Å². The summed E-state index contributed by atoms with van der Waals surface area (Å²) < 4.78 is 50.1. The number of rotatable bonds is 9. The third-order valence-electron chi connectivity index (χ3n) is 5.08. The van der Waals surface area contributed by atoms with Gasteiger partial charge in [-0.2, -0.15) is 0 Å². The van der Waals surface area contributed by atoms with Crippen LogP contribution in [0.15, 0.2) is 53.4 Å². The van der Waals surface area contributed by atoms with Crippen LogP contribution in [-0.2, 0) is 10.0 Å². The van der Waals surface area contributed by atoms with E-state index in [1.807, 2.05) is 6.92 Å². The molecule has 0 aliphatic rings. The second-order valence-electron chi connectivity index (χ2n) is 7.29. The van der Waals surface area contributed by atoms with Crippen molar-refractivity contribution in [2.24, 2.45) is 0 Å². The summed E-state index contributed by atoms with van der Waals surface area (Å²) in [7, 11) is 1.97. The van der Waals surface area contributed by atoms with Gasteiger partial charge in [-0.3, -0.25) is 4.72 Å². The van der Waals surface area contributed by atoms with Gasteiger partial charge in [0, 0.05) is 5.56 Å². The molecule has 180 valence electrons. The summed E-state index contributed by atoms with van der Waals surface area (Å²) in [4.78, 5) is 0.0862. The number of ether oxygens (including phenoxy) is 4. The van der Waals surface area contributed by atoms with Crippen molar-refractivity contribution in [2.45, 2.75) is 11.8 Å². The maximum atomic E-state index is 13.0. The minimum Gasteiger partial charge on any atom is -0.504 e. The van der Waals surface area contributed by atoms with Crippen molar-refractivity contribution < 1.29 is 32.5 Å². The number of methoxy groups -OCH3 is 4. The van der Waals surface area contributed by atoms with Crippen molar-refractivity contribution in [2.75, 3.05) is 33.2 Å². The molecule has 0 aliphatic heterocycles. The summed E-state index contributed by atoms with van der Waals surface area (Å²) in [6, 6.07) is 13.0. The fourth-order valence-electron chi connectivity index (χ4n) is 3.33. The van der Waals surface area contributed by atoms with Crippen LogP contribution in [0.2, 0.25) is 0 Å². The SMILES string of the molecule is COc1cc(/C=C\c2ccc(O)c(OC)c2NS(=O)(=O)c2ccc(C)cc2)cc(OC)c1OC. The smallest absolute Gasteiger partial charge is 0.262 e. The van der Waals surface area contributed by atoms with Gasteiger partial charge in [-0.15, -0.1) is 0 Å². The number of sulfonamides is 1. The maximum absolute atomic E-state index is 13.0. The van der Waals surface area contributed by atoms with Crippen LogP contribution < -0.4 is 23.7 Å². The fourth-order valence-corrected chi connectivity index (χ4v) is 4.42. The lowest BCUT2D eigenvalue weighted by molar-refractivity contribution is 0.324. The second kappa shape index (κ2) is 10.4. The van der Waals surface area contributed by atoms with Crippen molar-refractivity contribution in [1.82, 2.24) is 0 Å². The van der Waals surface area contributed by atoms with E-state index in [1.54, 1.807) is 42.5 Å². The van der Waals surface area contributed by atoms with Gasteiger partial charge in [-0.05, 0) is 48.9 Å². The molecule has 0 saturated carbocycles. The minimum absolute atomic E-state index is 0.00253. The molecule has 0 aromatic heterocycles. The van der Waals surface area contributed by atoms with Crippen LogP contribution in [0.3, 0.4) is 0 Å². The zero-order valence-electron chi connectivity index (χ0n) is 19.6. The average Bonchev–Trinajstić information content (AvgIpc) is 2.83. The maximum Gasteiger partial charge on any atom is 0.262 e. The highest BCUT2D eigenvalue weighted by atomic mass is 32.2. The molecule has 34 heavy (non-hydrogen) atoms. The van der Waals surface area contributed by atoms with Crippen LogP contribution in [0.4, 0.5) is 5.69 Å². The number of hydrogen-bond acceptors (Lipinski definition) is 7. The minimum atomic E-state index is -3.95. The highest BCUT2D eigenvalue weighted by molar-refractivity contribution is 7.92. The Labute approximate surface area is 199 Å². The zero-order valence-corrected chi connectivity index (χ0v) is 20.4. The molecule has 3 aromatic carbocycles. The van der Waals surface area contributed by atoms with E-state index in [0.717, 1.165) is 5.56 Å². The lowest BCUT2D eigenvalue weighted by atomic mass is 10.1. The van der Waals surface area contributed by atoms with Crippen LogP contribution in [0.1, 0.15) is 16.7 Å². The fraction of sp³-hybridized carbons (Fsp3) is 0.200. The number of nitrogens with one attached hydrogen (secondary N) is 1. The molecule has 3 aromatic rings. The highest BCUT2D eigenvalue weighted by Gasteiger charge is 2.21. The molecule has 0 spiro atoms. The molecular weight excluding hydrogens is 458 g/mol. The van der Waals surface area contributed by atoms with Crippen molar-refractivity contribution >= 4 is 27.9 Å². The quantitative estimate of drug-likeness (QED) is 0.423.